The molecule has 1 aromatic rings. The summed E-state index contributed by atoms with van der Waals surface area (Å²) >= 11 is 0. The molecule has 2 heteroatoms. The van der Waals surface area contributed by atoms with Gasteiger partial charge in [0.1, 0.15) is 0 Å². The average molecular weight is 246 g/mol. The Morgan fingerprint density at radius 2 is 1.78 bits per heavy atom. The van der Waals surface area contributed by atoms with E-state index in [1.165, 1.54) is 50.5 Å². The first-order valence-electron chi connectivity index (χ1n) is 7.35. The lowest BCUT2D eigenvalue weighted by molar-refractivity contribution is 0.181. The molecule has 100 valence electrons. The van der Waals surface area contributed by atoms with Gasteiger partial charge in [0.25, 0.3) is 0 Å². The van der Waals surface area contributed by atoms with Crippen LogP contribution in [0.5, 0.6) is 0 Å². The SMILES string of the molecule is CN(C)C(c1cccnc1)C1CCCCCCC1. The number of hydrogen-bond acceptors (Lipinski definition) is 2. The smallest absolute Gasteiger partial charge is 0.0385 e. The summed E-state index contributed by atoms with van der Waals surface area (Å²) in [5.41, 5.74) is 1.38. The Morgan fingerprint density at radius 3 is 2.33 bits per heavy atom. The van der Waals surface area contributed by atoms with Gasteiger partial charge in [-0.1, -0.05) is 38.2 Å². The first-order chi connectivity index (χ1) is 8.79. The third-order valence-electron chi connectivity index (χ3n) is 4.18. The Labute approximate surface area is 111 Å². The molecule has 1 heterocycles. The van der Waals surface area contributed by atoms with Gasteiger partial charge in [0, 0.05) is 18.4 Å². The summed E-state index contributed by atoms with van der Waals surface area (Å²) in [7, 11) is 4.41. The van der Waals surface area contributed by atoms with Crippen molar-refractivity contribution in [1.82, 2.24) is 9.88 Å². The van der Waals surface area contributed by atoms with Crippen molar-refractivity contribution in [2.75, 3.05) is 14.1 Å². The first-order valence-corrected chi connectivity index (χ1v) is 7.35. The zero-order chi connectivity index (χ0) is 12.8. The Morgan fingerprint density at radius 1 is 1.11 bits per heavy atom. The van der Waals surface area contributed by atoms with Crippen molar-refractivity contribution in [2.24, 2.45) is 5.92 Å². The Bertz CT molecular complexity index is 326. The van der Waals surface area contributed by atoms with Gasteiger partial charge < -0.3 is 4.90 Å². The van der Waals surface area contributed by atoms with Crippen LogP contribution in [0.4, 0.5) is 0 Å². The lowest BCUT2D eigenvalue weighted by atomic mass is 9.83. The highest BCUT2D eigenvalue weighted by atomic mass is 15.1. The second-order valence-electron chi connectivity index (χ2n) is 5.80. The molecular formula is C16H26N2. The van der Waals surface area contributed by atoms with Crippen LogP contribution in [0, 0.1) is 5.92 Å². The largest absolute Gasteiger partial charge is 0.302 e. The highest BCUT2D eigenvalue weighted by Gasteiger charge is 2.25. The Balaban J connectivity index is 2.13. The molecule has 1 aromatic heterocycles. The summed E-state index contributed by atoms with van der Waals surface area (Å²) in [6.07, 6.45) is 13.7. The highest BCUT2D eigenvalue weighted by molar-refractivity contribution is 5.15. The maximum absolute atomic E-state index is 4.30. The molecule has 1 aliphatic rings. The second kappa shape index (κ2) is 6.89. The van der Waals surface area contributed by atoms with Gasteiger partial charge in [-0.2, -0.15) is 0 Å². The van der Waals surface area contributed by atoms with Gasteiger partial charge in [-0.25, -0.2) is 0 Å². The van der Waals surface area contributed by atoms with Crippen LogP contribution in [0.25, 0.3) is 0 Å². The summed E-state index contributed by atoms with van der Waals surface area (Å²) in [4.78, 5) is 6.68. The van der Waals surface area contributed by atoms with Crippen LogP contribution in [0.3, 0.4) is 0 Å². The summed E-state index contributed by atoms with van der Waals surface area (Å²) in [5, 5.41) is 0. The quantitative estimate of drug-likeness (QED) is 0.800. The van der Waals surface area contributed by atoms with E-state index in [0.29, 0.717) is 6.04 Å². The molecule has 1 aliphatic carbocycles. The summed E-state index contributed by atoms with van der Waals surface area (Å²) in [6, 6.07) is 4.84. The molecule has 2 nitrogen and oxygen atoms in total. The van der Waals surface area contributed by atoms with Crippen molar-refractivity contribution in [3.63, 3.8) is 0 Å². The molecule has 0 aromatic carbocycles. The zero-order valence-electron chi connectivity index (χ0n) is 11.8. The van der Waals surface area contributed by atoms with Crippen LogP contribution >= 0.6 is 0 Å². The molecule has 0 N–H and O–H groups in total. The van der Waals surface area contributed by atoms with Gasteiger partial charge >= 0.3 is 0 Å². The van der Waals surface area contributed by atoms with E-state index >= 15 is 0 Å². The summed E-state index contributed by atoms with van der Waals surface area (Å²) < 4.78 is 0. The van der Waals surface area contributed by atoms with Gasteiger partial charge in [-0.05, 0) is 44.5 Å². The molecule has 0 aliphatic heterocycles. The van der Waals surface area contributed by atoms with Crippen LogP contribution in [0.1, 0.15) is 56.6 Å². The molecule has 0 bridgehead atoms. The molecule has 1 saturated carbocycles. The van der Waals surface area contributed by atoms with Crippen molar-refractivity contribution in [2.45, 2.75) is 51.0 Å². The molecule has 1 unspecified atom stereocenters. The van der Waals surface area contributed by atoms with Crippen molar-refractivity contribution < 1.29 is 0 Å². The number of pyridine rings is 1. The molecule has 18 heavy (non-hydrogen) atoms. The van der Waals surface area contributed by atoms with E-state index in [1.54, 1.807) is 0 Å². The van der Waals surface area contributed by atoms with E-state index in [0.717, 1.165) is 5.92 Å². The Kier molecular flexibility index (Phi) is 5.18. The Hall–Kier alpha value is -0.890. The normalized spacial score (nSPS) is 20.4. The predicted molar refractivity (Wildman–Crippen MR) is 76.5 cm³/mol. The van der Waals surface area contributed by atoms with Gasteiger partial charge in [-0.3, -0.25) is 4.98 Å². The molecule has 0 spiro atoms. The molecule has 0 radical (unpaired) electrons. The predicted octanol–water partition coefficient (Wildman–Crippen LogP) is 4.04. The summed E-state index contributed by atoms with van der Waals surface area (Å²) in [5.74, 6) is 0.796. The molecule has 2 rings (SSSR count). The number of nitrogens with zero attached hydrogens (tertiary/aromatic N) is 2. The van der Waals surface area contributed by atoms with Crippen LogP contribution in [-0.2, 0) is 0 Å². The van der Waals surface area contributed by atoms with Crippen LogP contribution in [0.15, 0.2) is 24.5 Å². The molecule has 0 saturated heterocycles. The van der Waals surface area contributed by atoms with Crippen LogP contribution in [-0.4, -0.2) is 24.0 Å². The van der Waals surface area contributed by atoms with Gasteiger partial charge in [0.05, 0.1) is 0 Å². The summed E-state index contributed by atoms with van der Waals surface area (Å²) in [6.45, 7) is 0. The van der Waals surface area contributed by atoms with Crippen molar-refractivity contribution >= 4 is 0 Å². The molecule has 1 fully saturated rings. The van der Waals surface area contributed by atoms with E-state index in [-0.39, 0.29) is 0 Å². The standard InChI is InChI=1S/C16H26N2/c1-18(2)16(15-11-8-12-17-13-15)14-9-6-4-3-5-7-10-14/h8,11-14,16H,3-7,9-10H2,1-2H3. The topological polar surface area (TPSA) is 16.1 Å². The van der Waals surface area contributed by atoms with Gasteiger partial charge in [0.15, 0.2) is 0 Å². The van der Waals surface area contributed by atoms with Gasteiger partial charge in [-0.15, -0.1) is 0 Å². The average Bonchev–Trinajstić information content (AvgIpc) is 2.33. The number of hydrogen-bond donors (Lipinski definition) is 0. The maximum Gasteiger partial charge on any atom is 0.0385 e. The number of aromatic nitrogens is 1. The van der Waals surface area contributed by atoms with Crippen LogP contribution in [0.2, 0.25) is 0 Å². The van der Waals surface area contributed by atoms with Crippen LogP contribution < -0.4 is 0 Å². The fourth-order valence-corrected chi connectivity index (χ4v) is 3.35. The van der Waals surface area contributed by atoms with Gasteiger partial charge in [0.2, 0.25) is 0 Å². The number of rotatable bonds is 3. The van der Waals surface area contributed by atoms with Crippen molar-refractivity contribution in [3.8, 4) is 0 Å². The molecule has 1 atom stereocenters. The highest BCUT2D eigenvalue weighted by Crippen LogP contribution is 2.35. The van der Waals surface area contributed by atoms with Crippen molar-refractivity contribution in [3.05, 3.63) is 30.1 Å². The van der Waals surface area contributed by atoms with E-state index in [2.05, 4.69) is 36.1 Å². The minimum Gasteiger partial charge on any atom is -0.302 e. The monoisotopic (exact) mass is 246 g/mol. The first kappa shape index (κ1) is 13.5. The third-order valence-corrected chi connectivity index (χ3v) is 4.18. The maximum atomic E-state index is 4.30. The van der Waals surface area contributed by atoms with E-state index in [9.17, 15) is 0 Å². The lowest BCUT2D eigenvalue weighted by Crippen LogP contribution is -2.28. The molecular weight excluding hydrogens is 220 g/mol. The third kappa shape index (κ3) is 3.55. The molecule has 0 amide bonds. The zero-order valence-corrected chi connectivity index (χ0v) is 11.8. The second-order valence-corrected chi connectivity index (χ2v) is 5.80. The fourth-order valence-electron chi connectivity index (χ4n) is 3.35. The minimum atomic E-state index is 0.539. The van der Waals surface area contributed by atoms with E-state index < -0.39 is 0 Å². The minimum absolute atomic E-state index is 0.539. The van der Waals surface area contributed by atoms with E-state index in [1.807, 2.05) is 12.4 Å². The van der Waals surface area contributed by atoms with Crippen molar-refractivity contribution in [1.29, 1.82) is 0 Å². The van der Waals surface area contributed by atoms with E-state index in [4.69, 9.17) is 0 Å². The lowest BCUT2D eigenvalue weighted by Gasteiger charge is -2.33. The fraction of sp³-hybridized carbons (Fsp3) is 0.688.